The van der Waals surface area contributed by atoms with Crippen molar-refractivity contribution in [2.45, 2.75) is 9.79 Å². The molecular weight excluding hydrogens is 861 g/mol. The Bertz CT molecular complexity index is 2630. The second-order valence-corrected chi connectivity index (χ2v) is 15.2. The SMILES string of the molecule is CN(CC(=O)O)c1nc(Nc2ccccc2)nc(Nc2ccc(/C=C/c3ccc(Nc4nc(Nc5ccccc5)nc(N(CCO)CCO)n4)cc3S(=O)(=O)O)c(SOOO)c2)n1. The van der Waals surface area contributed by atoms with E-state index in [9.17, 15) is 33.1 Å². The van der Waals surface area contributed by atoms with Crippen LogP contribution in [0.25, 0.3) is 12.2 Å². The van der Waals surface area contributed by atoms with Gasteiger partial charge in [0.05, 0.1) is 25.3 Å². The molecular formula is C39H40N12O10S2. The Morgan fingerprint density at radius 2 is 1.16 bits per heavy atom. The summed E-state index contributed by atoms with van der Waals surface area (Å²) >= 11 is 0.615. The van der Waals surface area contributed by atoms with Crippen LogP contribution in [0.4, 0.5) is 58.4 Å². The van der Waals surface area contributed by atoms with E-state index in [0.717, 1.165) is 0 Å². The summed E-state index contributed by atoms with van der Waals surface area (Å²) in [6, 6.07) is 27.1. The van der Waals surface area contributed by atoms with Crippen molar-refractivity contribution in [3.63, 3.8) is 0 Å². The number of likely N-dealkylation sites (N-methyl/N-ethyl adjacent to an activating group) is 1. The molecule has 6 rings (SSSR count). The van der Waals surface area contributed by atoms with Crippen molar-refractivity contribution in [1.82, 2.24) is 29.9 Å². The molecule has 0 spiro atoms. The molecule has 0 saturated heterocycles. The molecule has 0 aliphatic rings. The van der Waals surface area contributed by atoms with Crippen LogP contribution in [0.2, 0.25) is 0 Å². The molecule has 2 aromatic heterocycles. The highest BCUT2D eigenvalue weighted by atomic mass is 32.2. The first-order valence-electron chi connectivity index (χ1n) is 18.6. The zero-order valence-corrected chi connectivity index (χ0v) is 34.7. The average Bonchev–Trinajstić information content (AvgIpc) is 3.25. The van der Waals surface area contributed by atoms with Gasteiger partial charge >= 0.3 is 5.97 Å². The second kappa shape index (κ2) is 21.7. The van der Waals surface area contributed by atoms with Crippen molar-refractivity contribution in [1.29, 1.82) is 0 Å². The average molecular weight is 901 g/mol. The molecule has 0 saturated carbocycles. The standard InChI is InChI=1S/C39H40N12O10S2/c1-50(24-33(54)55)38-46-34(40-27-8-4-2-5-9-27)44-36(47-38)42-29-16-14-25(31(22-29)62-61-60-56)12-13-26-15-17-30(23-32(26)63(57,58)59)43-37-45-35(41-28-10-6-3-7-11-28)48-39(49-37)51(18-20-52)19-21-53/h2-17,22-23,52-53,56H,18-21,24H2,1H3,(H,54,55)(H,57,58,59)(H2,40,42,44,46,47)(H2,41,43,45,48,49)/b13-12+. The number of aromatic nitrogens is 6. The number of aliphatic hydroxyl groups is 2. The fraction of sp³-hybridized carbons (Fsp3) is 0.154. The molecule has 0 fully saturated rings. The number of aliphatic hydroxyl groups excluding tert-OH is 2. The minimum atomic E-state index is -4.82. The smallest absolute Gasteiger partial charge is 0.323 e. The number of anilines is 10. The van der Waals surface area contributed by atoms with E-state index in [1.54, 1.807) is 47.4 Å². The van der Waals surface area contributed by atoms with E-state index in [0.29, 0.717) is 39.6 Å². The summed E-state index contributed by atoms with van der Waals surface area (Å²) in [7, 11) is -3.30. The van der Waals surface area contributed by atoms with E-state index >= 15 is 0 Å². The first-order chi connectivity index (χ1) is 30.4. The molecule has 0 atom stereocenters. The molecule has 6 aromatic rings. The summed E-state index contributed by atoms with van der Waals surface area (Å²) in [5, 5.41) is 53.6. The normalized spacial score (nSPS) is 11.3. The Balaban J connectivity index is 1.28. The van der Waals surface area contributed by atoms with Crippen molar-refractivity contribution >= 4 is 98.7 Å². The summed E-state index contributed by atoms with van der Waals surface area (Å²) < 4.78 is 40.5. The number of hydrogen-bond donors (Lipinski definition) is 9. The van der Waals surface area contributed by atoms with E-state index in [1.165, 1.54) is 42.3 Å². The molecule has 2 heterocycles. The van der Waals surface area contributed by atoms with Crippen molar-refractivity contribution in [3.05, 3.63) is 108 Å². The van der Waals surface area contributed by atoms with Gasteiger partial charge < -0.3 is 46.4 Å². The van der Waals surface area contributed by atoms with Gasteiger partial charge in [-0.2, -0.15) is 38.3 Å². The van der Waals surface area contributed by atoms with Gasteiger partial charge in [0.15, 0.2) is 0 Å². The highest BCUT2D eigenvalue weighted by molar-refractivity contribution is 7.94. The maximum atomic E-state index is 12.7. The van der Waals surface area contributed by atoms with Crippen LogP contribution in [0.1, 0.15) is 11.1 Å². The number of benzene rings is 4. The van der Waals surface area contributed by atoms with E-state index in [2.05, 4.69) is 56.2 Å². The zero-order valence-electron chi connectivity index (χ0n) is 33.1. The lowest BCUT2D eigenvalue weighted by molar-refractivity contribution is -0.432. The minimum absolute atomic E-state index is 0.0188. The number of aliphatic carboxylic acids is 1. The molecule has 0 radical (unpaired) electrons. The van der Waals surface area contributed by atoms with Crippen LogP contribution in [-0.2, 0) is 24.3 Å². The number of hydrogen-bond acceptors (Lipinski definition) is 21. The Morgan fingerprint density at radius 3 is 1.65 bits per heavy atom. The maximum Gasteiger partial charge on any atom is 0.323 e. The van der Waals surface area contributed by atoms with E-state index < -0.39 is 27.5 Å². The molecule has 0 amide bonds. The molecule has 328 valence electrons. The first-order valence-corrected chi connectivity index (χ1v) is 20.8. The van der Waals surface area contributed by atoms with Gasteiger partial charge in [0, 0.05) is 47.8 Å². The molecule has 9 N–H and O–H groups in total. The molecule has 0 aliphatic heterocycles. The lowest BCUT2D eigenvalue weighted by atomic mass is 10.1. The molecule has 24 heteroatoms. The monoisotopic (exact) mass is 900 g/mol. The summed E-state index contributed by atoms with van der Waals surface area (Å²) in [6.07, 6.45) is 2.96. The Morgan fingerprint density at radius 1 is 0.683 bits per heavy atom. The van der Waals surface area contributed by atoms with Crippen LogP contribution in [0.5, 0.6) is 0 Å². The van der Waals surface area contributed by atoms with Crippen molar-refractivity contribution in [2.24, 2.45) is 0 Å². The Labute approximate surface area is 364 Å². The lowest BCUT2D eigenvalue weighted by Gasteiger charge is -2.21. The van der Waals surface area contributed by atoms with Gasteiger partial charge in [-0.05, 0) is 59.7 Å². The van der Waals surface area contributed by atoms with Crippen molar-refractivity contribution < 1.29 is 47.7 Å². The maximum absolute atomic E-state index is 12.7. The summed E-state index contributed by atoms with van der Waals surface area (Å²) in [4.78, 5) is 40.7. The van der Waals surface area contributed by atoms with Gasteiger partial charge in [0.2, 0.25) is 35.7 Å². The van der Waals surface area contributed by atoms with E-state index in [-0.39, 0.29) is 73.2 Å². The van der Waals surface area contributed by atoms with Gasteiger partial charge in [-0.3, -0.25) is 9.35 Å². The van der Waals surface area contributed by atoms with Crippen LogP contribution in [-0.4, -0.2) is 109 Å². The third-order valence-corrected chi connectivity index (χ3v) is 10.0. The number of carboxylic acid groups (broad SMARTS) is 1. The number of nitrogens with zero attached hydrogens (tertiary/aromatic N) is 8. The van der Waals surface area contributed by atoms with Gasteiger partial charge in [0.25, 0.3) is 10.1 Å². The number of para-hydroxylation sites is 2. The van der Waals surface area contributed by atoms with E-state index in [4.69, 9.17) is 9.59 Å². The second-order valence-electron chi connectivity index (χ2n) is 13.0. The fourth-order valence-corrected chi connectivity index (χ4v) is 6.90. The predicted molar refractivity (Wildman–Crippen MR) is 235 cm³/mol. The largest absolute Gasteiger partial charge is 0.480 e. The topological polar surface area (TPSA) is 303 Å². The summed E-state index contributed by atoms with van der Waals surface area (Å²) in [6.45, 7) is -0.696. The first kappa shape index (κ1) is 45.5. The molecule has 22 nitrogen and oxygen atoms in total. The number of nitrogens with one attached hydrogen (secondary N) is 4. The number of rotatable bonds is 22. The predicted octanol–water partition coefficient (Wildman–Crippen LogP) is 5.19. The highest BCUT2D eigenvalue weighted by Crippen LogP contribution is 2.32. The van der Waals surface area contributed by atoms with Crippen LogP contribution in [0.3, 0.4) is 0 Å². The minimum Gasteiger partial charge on any atom is -0.480 e. The van der Waals surface area contributed by atoms with Gasteiger partial charge in [-0.15, -0.1) is 4.33 Å². The van der Waals surface area contributed by atoms with Crippen LogP contribution >= 0.6 is 12.0 Å². The Kier molecular flexibility index (Phi) is 15.6. The van der Waals surface area contributed by atoms with Crippen LogP contribution in [0, 0.1) is 0 Å². The summed E-state index contributed by atoms with van der Waals surface area (Å²) in [5.74, 6) is -0.666. The quantitative estimate of drug-likeness (QED) is 0.0139. The summed E-state index contributed by atoms with van der Waals surface area (Å²) in [5.41, 5.74) is 2.45. The lowest BCUT2D eigenvalue weighted by Crippen LogP contribution is -2.31. The third-order valence-electron chi connectivity index (χ3n) is 8.46. The molecule has 0 bridgehead atoms. The molecule has 4 aromatic carbocycles. The van der Waals surface area contributed by atoms with Crippen LogP contribution < -0.4 is 31.1 Å². The number of carboxylic acids is 1. The van der Waals surface area contributed by atoms with Crippen LogP contribution in [0.15, 0.2) is 107 Å². The van der Waals surface area contributed by atoms with E-state index in [1.807, 2.05) is 36.4 Å². The molecule has 63 heavy (non-hydrogen) atoms. The van der Waals surface area contributed by atoms with Crippen molar-refractivity contribution in [2.75, 3.05) is 71.0 Å². The third kappa shape index (κ3) is 13.2. The van der Waals surface area contributed by atoms with Gasteiger partial charge in [0.1, 0.15) is 11.4 Å². The highest BCUT2D eigenvalue weighted by Gasteiger charge is 2.19. The van der Waals surface area contributed by atoms with Crippen molar-refractivity contribution in [3.8, 4) is 0 Å². The Hall–Kier alpha value is -7.03. The number of carbonyl (C=O) groups is 1. The molecule has 0 unspecified atom stereocenters. The zero-order chi connectivity index (χ0) is 44.8. The van der Waals surface area contributed by atoms with Gasteiger partial charge in [-0.25, -0.2) is 5.26 Å². The van der Waals surface area contributed by atoms with Gasteiger partial charge in [-0.1, -0.05) is 65.7 Å². The molecule has 0 aliphatic carbocycles. The fourth-order valence-electron chi connectivity index (χ4n) is 5.68.